The summed E-state index contributed by atoms with van der Waals surface area (Å²) in [6.45, 7) is 2.08. The average molecular weight is 349 g/mol. The number of anilines is 1. The second-order valence-corrected chi connectivity index (χ2v) is 6.13. The molecule has 2 aromatic rings. The van der Waals surface area contributed by atoms with Crippen molar-refractivity contribution in [2.45, 2.75) is 25.8 Å². The third-order valence-corrected chi connectivity index (χ3v) is 4.24. The summed E-state index contributed by atoms with van der Waals surface area (Å²) in [5, 5.41) is 2.80. The monoisotopic (exact) mass is 348 g/mol. The number of halogens is 2. The van der Waals surface area contributed by atoms with Crippen molar-refractivity contribution in [1.82, 2.24) is 15.3 Å². The highest BCUT2D eigenvalue weighted by atomic mass is 35.5. The fourth-order valence-corrected chi connectivity index (χ4v) is 2.85. The standard InChI is InChI=1S/C17H18ClFN4O/c18-13-10-12(4-5-14(13)19)11-21-16(24)15-6-7-20-17(22-15)23-8-2-1-3-9-23/h4-7,10H,1-3,8-9,11H2,(H,21,24). The largest absolute Gasteiger partial charge is 0.347 e. The quantitative estimate of drug-likeness (QED) is 0.922. The number of carbonyl (C=O) groups excluding carboxylic acids is 1. The molecule has 126 valence electrons. The van der Waals surface area contributed by atoms with Crippen LogP contribution in [0.4, 0.5) is 10.3 Å². The number of benzene rings is 1. The summed E-state index contributed by atoms with van der Waals surface area (Å²) in [6, 6.07) is 5.94. The van der Waals surface area contributed by atoms with Crippen LogP contribution in [0, 0.1) is 5.82 Å². The molecule has 1 fully saturated rings. The van der Waals surface area contributed by atoms with Gasteiger partial charge in [0.2, 0.25) is 5.95 Å². The minimum absolute atomic E-state index is 0.0381. The molecule has 0 unspecified atom stereocenters. The van der Waals surface area contributed by atoms with Crippen molar-refractivity contribution in [2.75, 3.05) is 18.0 Å². The van der Waals surface area contributed by atoms with Gasteiger partial charge in [-0.3, -0.25) is 4.79 Å². The van der Waals surface area contributed by atoms with Gasteiger partial charge in [0.15, 0.2) is 0 Å². The van der Waals surface area contributed by atoms with Crippen molar-refractivity contribution in [3.8, 4) is 0 Å². The Kier molecular flexibility index (Phi) is 5.25. The van der Waals surface area contributed by atoms with Gasteiger partial charge >= 0.3 is 0 Å². The molecule has 0 radical (unpaired) electrons. The predicted molar refractivity (Wildman–Crippen MR) is 90.7 cm³/mol. The molecular formula is C17H18ClFN4O. The lowest BCUT2D eigenvalue weighted by Gasteiger charge is -2.26. The van der Waals surface area contributed by atoms with Gasteiger partial charge in [-0.05, 0) is 43.0 Å². The third kappa shape index (κ3) is 4.00. The molecule has 1 aromatic carbocycles. The van der Waals surface area contributed by atoms with Crippen molar-refractivity contribution >= 4 is 23.5 Å². The van der Waals surface area contributed by atoms with Crippen molar-refractivity contribution < 1.29 is 9.18 Å². The smallest absolute Gasteiger partial charge is 0.270 e. The van der Waals surface area contributed by atoms with Crippen LogP contribution in [-0.2, 0) is 6.54 Å². The Morgan fingerprint density at radius 2 is 2.04 bits per heavy atom. The number of rotatable bonds is 4. The molecule has 24 heavy (non-hydrogen) atoms. The Balaban J connectivity index is 1.65. The number of nitrogens with zero attached hydrogens (tertiary/aromatic N) is 3. The molecule has 0 aliphatic carbocycles. The molecule has 1 N–H and O–H groups in total. The van der Waals surface area contributed by atoms with Crippen LogP contribution in [0.1, 0.15) is 35.3 Å². The number of amides is 1. The van der Waals surface area contributed by atoms with Crippen molar-refractivity contribution in [3.63, 3.8) is 0 Å². The predicted octanol–water partition coefficient (Wildman–Crippen LogP) is 3.19. The van der Waals surface area contributed by atoms with Gasteiger partial charge in [0.25, 0.3) is 5.91 Å². The van der Waals surface area contributed by atoms with Crippen molar-refractivity contribution in [2.24, 2.45) is 0 Å². The summed E-state index contributed by atoms with van der Waals surface area (Å²) >= 11 is 5.74. The zero-order valence-electron chi connectivity index (χ0n) is 13.1. The number of carbonyl (C=O) groups is 1. The topological polar surface area (TPSA) is 58.1 Å². The maximum absolute atomic E-state index is 13.1. The average Bonchev–Trinajstić information content (AvgIpc) is 2.63. The van der Waals surface area contributed by atoms with Gasteiger partial charge in [0.05, 0.1) is 5.02 Å². The van der Waals surface area contributed by atoms with Gasteiger partial charge < -0.3 is 10.2 Å². The number of piperidine rings is 1. The molecule has 1 amide bonds. The van der Waals surface area contributed by atoms with E-state index in [1.54, 1.807) is 18.3 Å². The van der Waals surface area contributed by atoms with E-state index in [0.29, 0.717) is 11.6 Å². The fraction of sp³-hybridized carbons (Fsp3) is 0.353. The molecular weight excluding hydrogens is 331 g/mol. The highest BCUT2D eigenvalue weighted by Gasteiger charge is 2.15. The van der Waals surface area contributed by atoms with E-state index in [1.165, 1.54) is 18.6 Å². The van der Waals surface area contributed by atoms with Gasteiger partial charge in [-0.15, -0.1) is 0 Å². The highest BCUT2D eigenvalue weighted by molar-refractivity contribution is 6.30. The van der Waals surface area contributed by atoms with Crippen LogP contribution in [0.2, 0.25) is 5.02 Å². The van der Waals surface area contributed by atoms with Gasteiger partial charge in [0, 0.05) is 25.8 Å². The molecule has 3 rings (SSSR count). The number of hydrogen-bond acceptors (Lipinski definition) is 4. The molecule has 1 aliphatic heterocycles. The van der Waals surface area contributed by atoms with E-state index in [-0.39, 0.29) is 17.5 Å². The second-order valence-electron chi connectivity index (χ2n) is 5.72. The first-order valence-electron chi connectivity index (χ1n) is 7.93. The molecule has 1 aromatic heterocycles. The summed E-state index contributed by atoms with van der Waals surface area (Å²) in [4.78, 5) is 23.0. The van der Waals surface area contributed by atoms with Crippen LogP contribution in [-0.4, -0.2) is 29.0 Å². The van der Waals surface area contributed by atoms with E-state index in [4.69, 9.17) is 11.6 Å². The third-order valence-electron chi connectivity index (χ3n) is 3.95. The Labute approximate surface area is 144 Å². The second kappa shape index (κ2) is 7.57. The molecule has 1 aliphatic rings. The van der Waals surface area contributed by atoms with Crippen LogP contribution >= 0.6 is 11.6 Å². The normalized spacial score (nSPS) is 14.5. The van der Waals surface area contributed by atoms with Crippen LogP contribution in [0.15, 0.2) is 30.5 Å². The number of aromatic nitrogens is 2. The number of nitrogens with one attached hydrogen (secondary N) is 1. The lowest BCUT2D eigenvalue weighted by Crippen LogP contribution is -2.32. The summed E-state index contributed by atoms with van der Waals surface area (Å²) < 4.78 is 13.1. The van der Waals surface area contributed by atoms with Crippen molar-refractivity contribution in [3.05, 3.63) is 52.6 Å². The lowest BCUT2D eigenvalue weighted by molar-refractivity contribution is 0.0946. The first-order chi connectivity index (χ1) is 11.6. The van der Waals surface area contributed by atoms with E-state index in [0.717, 1.165) is 31.5 Å². The van der Waals surface area contributed by atoms with Crippen molar-refractivity contribution in [1.29, 1.82) is 0 Å². The van der Waals surface area contributed by atoms with Gasteiger partial charge in [0.1, 0.15) is 11.5 Å². The van der Waals surface area contributed by atoms with E-state index in [1.807, 2.05) is 0 Å². The molecule has 7 heteroatoms. The molecule has 1 saturated heterocycles. The molecule has 2 heterocycles. The Bertz CT molecular complexity index is 734. The Morgan fingerprint density at radius 3 is 2.79 bits per heavy atom. The van der Waals surface area contributed by atoms with Crippen LogP contribution in [0.25, 0.3) is 0 Å². The SMILES string of the molecule is O=C(NCc1ccc(F)c(Cl)c1)c1ccnc(N2CCCCC2)n1. The van der Waals surface area contributed by atoms with Crippen LogP contribution in [0.3, 0.4) is 0 Å². The Hall–Kier alpha value is -2.21. The molecule has 5 nitrogen and oxygen atoms in total. The maximum atomic E-state index is 13.1. The lowest BCUT2D eigenvalue weighted by atomic mass is 10.1. The van der Waals surface area contributed by atoms with Crippen LogP contribution < -0.4 is 10.2 Å². The van der Waals surface area contributed by atoms with E-state index in [2.05, 4.69) is 20.2 Å². The minimum Gasteiger partial charge on any atom is -0.347 e. The molecule has 0 spiro atoms. The summed E-state index contributed by atoms with van der Waals surface area (Å²) in [6.07, 6.45) is 5.05. The summed E-state index contributed by atoms with van der Waals surface area (Å²) in [7, 11) is 0. The summed E-state index contributed by atoms with van der Waals surface area (Å²) in [5.74, 6) is -0.183. The molecule has 0 atom stereocenters. The summed E-state index contributed by atoms with van der Waals surface area (Å²) in [5.41, 5.74) is 1.04. The van der Waals surface area contributed by atoms with E-state index < -0.39 is 5.82 Å². The van der Waals surface area contributed by atoms with Gasteiger partial charge in [-0.1, -0.05) is 17.7 Å². The van der Waals surface area contributed by atoms with E-state index >= 15 is 0 Å². The maximum Gasteiger partial charge on any atom is 0.270 e. The fourth-order valence-electron chi connectivity index (χ4n) is 2.64. The zero-order valence-corrected chi connectivity index (χ0v) is 13.9. The first-order valence-corrected chi connectivity index (χ1v) is 8.31. The van der Waals surface area contributed by atoms with Gasteiger partial charge in [-0.2, -0.15) is 0 Å². The Morgan fingerprint density at radius 1 is 1.25 bits per heavy atom. The minimum atomic E-state index is -0.478. The zero-order chi connectivity index (χ0) is 16.9. The first kappa shape index (κ1) is 16.6. The van der Waals surface area contributed by atoms with Crippen LogP contribution in [0.5, 0.6) is 0 Å². The van der Waals surface area contributed by atoms with E-state index in [9.17, 15) is 9.18 Å². The molecule has 0 saturated carbocycles. The van der Waals surface area contributed by atoms with Gasteiger partial charge in [-0.25, -0.2) is 14.4 Å². The number of hydrogen-bond donors (Lipinski definition) is 1. The highest BCUT2D eigenvalue weighted by Crippen LogP contribution is 2.17. The molecule has 0 bridgehead atoms.